The molecule has 0 saturated heterocycles. The Bertz CT molecular complexity index is 814. The van der Waals surface area contributed by atoms with Crippen LogP contribution < -0.4 is 16.0 Å². The quantitative estimate of drug-likeness (QED) is 0.193. The lowest BCUT2D eigenvalue weighted by molar-refractivity contribution is -0.127. The van der Waals surface area contributed by atoms with E-state index in [1.165, 1.54) is 18.2 Å². The molecule has 164 valence electrons. The zero-order valence-corrected chi connectivity index (χ0v) is 20.0. The van der Waals surface area contributed by atoms with Gasteiger partial charge < -0.3 is 16.0 Å². The molecule has 0 aromatic heterocycles. The number of sulfone groups is 1. The molecule has 0 aliphatic heterocycles. The molecular formula is C19H30FIN4O3S. The van der Waals surface area contributed by atoms with Crippen molar-refractivity contribution < 1.29 is 17.6 Å². The van der Waals surface area contributed by atoms with Gasteiger partial charge in [0, 0.05) is 38.9 Å². The van der Waals surface area contributed by atoms with Crippen molar-refractivity contribution in [3.05, 3.63) is 35.1 Å². The van der Waals surface area contributed by atoms with Gasteiger partial charge in [-0.05, 0) is 42.5 Å². The van der Waals surface area contributed by atoms with Gasteiger partial charge in [0.1, 0.15) is 5.82 Å². The zero-order valence-electron chi connectivity index (χ0n) is 16.8. The first-order chi connectivity index (χ1) is 13.3. The van der Waals surface area contributed by atoms with E-state index in [1.54, 1.807) is 7.05 Å². The summed E-state index contributed by atoms with van der Waals surface area (Å²) in [7, 11) is -1.60. The minimum Gasteiger partial charge on any atom is -0.356 e. The molecule has 29 heavy (non-hydrogen) atoms. The number of guanidine groups is 1. The van der Waals surface area contributed by atoms with Gasteiger partial charge in [-0.2, -0.15) is 0 Å². The first kappa shape index (κ1) is 25.6. The molecule has 7 nitrogen and oxygen atoms in total. The summed E-state index contributed by atoms with van der Waals surface area (Å²) in [6, 6.07) is 4.08. The number of rotatable bonds is 9. The molecular weight excluding hydrogens is 510 g/mol. The van der Waals surface area contributed by atoms with E-state index < -0.39 is 15.7 Å². The second-order valence-electron chi connectivity index (χ2n) is 7.11. The average Bonchev–Trinajstić information content (AvgIpc) is 2.56. The van der Waals surface area contributed by atoms with Crippen LogP contribution in [0.3, 0.4) is 0 Å². The highest BCUT2D eigenvalue weighted by Gasteiger charge is 2.24. The van der Waals surface area contributed by atoms with E-state index in [0.717, 1.165) is 31.9 Å². The smallest absolute Gasteiger partial charge is 0.223 e. The van der Waals surface area contributed by atoms with Gasteiger partial charge in [-0.3, -0.25) is 9.79 Å². The Morgan fingerprint density at radius 3 is 2.45 bits per heavy atom. The third-order valence-electron chi connectivity index (χ3n) is 4.68. The molecule has 10 heteroatoms. The van der Waals surface area contributed by atoms with E-state index in [1.807, 2.05) is 0 Å². The van der Waals surface area contributed by atoms with Crippen LogP contribution >= 0.6 is 24.0 Å². The van der Waals surface area contributed by atoms with Gasteiger partial charge in [0.05, 0.1) is 5.75 Å². The van der Waals surface area contributed by atoms with E-state index in [0.29, 0.717) is 30.2 Å². The Labute approximate surface area is 189 Å². The summed E-state index contributed by atoms with van der Waals surface area (Å²) in [5.41, 5.74) is 1.13. The molecule has 0 unspecified atom stereocenters. The van der Waals surface area contributed by atoms with Crippen LogP contribution in [0.15, 0.2) is 23.2 Å². The van der Waals surface area contributed by atoms with Crippen molar-refractivity contribution in [2.24, 2.45) is 10.9 Å². The molecule has 2 rings (SSSR count). The molecule has 1 amide bonds. The maximum absolute atomic E-state index is 13.6. The second kappa shape index (κ2) is 12.3. The fourth-order valence-electron chi connectivity index (χ4n) is 2.90. The Balaban J connectivity index is 0.00000420. The summed E-state index contributed by atoms with van der Waals surface area (Å²) >= 11 is 0. The van der Waals surface area contributed by atoms with Gasteiger partial charge >= 0.3 is 0 Å². The number of hydrogen-bond acceptors (Lipinski definition) is 4. The standard InChI is InChI=1S/C19H29FN4O3S.HI/c1-21-19(23-10-4-9-22-18(25)14-5-3-6-14)24-12-16-11-17(20)8-7-15(16)13-28(2,26)27;/h7-8,11,14H,3-6,9-10,12-13H2,1-2H3,(H,22,25)(H2,21,23,24);1H. The summed E-state index contributed by atoms with van der Waals surface area (Å²) in [4.78, 5) is 15.9. The van der Waals surface area contributed by atoms with Crippen LogP contribution in [0.4, 0.5) is 4.39 Å². The van der Waals surface area contributed by atoms with Gasteiger partial charge in [0.15, 0.2) is 15.8 Å². The van der Waals surface area contributed by atoms with Crippen LogP contribution in [0.5, 0.6) is 0 Å². The van der Waals surface area contributed by atoms with Crippen LogP contribution in [-0.2, 0) is 26.9 Å². The molecule has 0 bridgehead atoms. The number of nitrogens with one attached hydrogen (secondary N) is 3. The predicted molar refractivity (Wildman–Crippen MR) is 124 cm³/mol. The number of halogens is 2. The van der Waals surface area contributed by atoms with Crippen molar-refractivity contribution in [1.29, 1.82) is 0 Å². The molecule has 1 aromatic carbocycles. The van der Waals surface area contributed by atoms with Crippen molar-refractivity contribution in [2.45, 2.75) is 38.0 Å². The fourth-order valence-corrected chi connectivity index (χ4v) is 3.75. The number of carbonyl (C=O) groups is 1. The molecule has 0 heterocycles. The molecule has 1 aliphatic rings. The molecule has 3 N–H and O–H groups in total. The second-order valence-corrected chi connectivity index (χ2v) is 9.25. The largest absolute Gasteiger partial charge is 0.356 e. The average molecular weight is 540 g/mol. The summed E-state index contributed by atoms with van der Waals surface area (Å²) < 4.78 is 36.7. The molecule has 0 spiro atoms. The first-order valence-corrected chi connectivity index (χ1v) is 11.5. The molecule has 1 fully saturated rings. The van der Waals surface area contributed by atoms with Crippen LogP contribution in [0, 0.1) is 11.7 Å². The molecule has 1 aliphatic carbocycles. The SMILES string of the molecule is CN=C(NCCCNC(=O)C1CCC1)NCc1cc(F)ccc1CS(C)(=O)=O.I. The van der Waals surface area contributed by atoms with Crippen molar-refractivity contribution in [2.75, 3.05) is 26.4 Å². The minimum absolute atomic E-state index is 0. The molecule has 0 atom stereocenters. The Kier molecular flexibility index (Phi) is 10.9. The lowest BCUT2D eigenvalue weighted by atomic mass is 9.85. The molecule has 0 radical (unpaired) electrons. The van der Waals surface area contributed by atoms with Crippen molar-refractivity contribution in [1.82, 2.24) is 16.0 Å². The maximum Gasteiger partial charge on any atom is 0.223 e. The Morgan fingerprint density at radius 1 is 1.17 bits per heavy atom. The fraction of sp³-hybridized carbons (Fsp3) is 0.579. The summed E-state index contributed by atoms with van der Waals surface area (Å²) in [6.07, 6.45) is 5.01. The number of aliphatic imine (C=N–C) groups is 1. The highest BCUT2D eigenvalue weighted by atomic mass is 127. The van der Waals surface area contributed by atoms with Crippen molar-refractivity contribution in [3.63, 3.8) is 0 Å². The monoisotopic (exact) mass is 540 g/mol. The van der Waals surface area contributed by atoms with Gasteiger partial charge in [0.2, 0.25) is 5.91 Å². The van der Waals surface area contributed by atoms with Crippen LogP contribution in [0.2, 0.25) is 0 Å². The van der Waals surface area contributed by atoms with Gasteiger partial charge in [-0.25, -0.2) is 12.8 Å². The number of nitrogens with zero attached hydrogens (tertiary/aromatic N) is 1. The van der Waals surface area contributed by atoms with E-state index in [4.69, 9.17) is 0 Å². The van der Waals surface area contributed by atoms with E-state index in [-0.39, 0.29) is 48.1 Å². The maximum atomic E-state index is 13.6. The summed E-state index contributed by atoms with van der Waals surface area (Å²) in [5, 5.41) is 9.13. The Hall–Kier alpha value is -1.43. The minimum atomic E-state index is -3.22. The van der Waals surface area contributed by atoms with Crippen molar-refractivity contribution >= 4 is 45.7 Å². The molecule has 1 saturated carbocycles. The highest BCUT2D eigenvalue weighted by Crippen LogP contribution is 2.26. The lowest BCUT2D eigenvalue weighted by Gasteiger charge is -2.24. The van der Waals surface area contributed by atoms with Gasteiger partial charge in [0.25, 0.3) is 0 Å². The lowest BCUT2D eigenvalue weighted by Crippen LogP contribution is -2.39. The summed E-state index contributed by atoms with van der Waals surface area (Å²) in [5.74, 6) is 0.295. The van der Waals surface area contributed by atoms with Gasteiger partial charge in [-0.1, -0.05) is 12.5 Å². The van der Waals surface area contributed by atoms with Crippen LogP contribution in [-0.4, -0.2) is 46.7 Å². The molecule has 1 aromatic rings. The van der Waals surface area contributed by atoms with Crippen LogP contribution in [0.25, 0.3) is 0 Å². The highest BCUT2D eigenvalue weighted by molar-refractivity contribution is 14.0. The van der Waals surface area contributed by atoms with E-state index >= 15 is 0 Å². The number of benzene rings is 1. The third-order valence-corrected chi connectivity index (χ3v) is 5.51. The third kappa shape index (κ3) is 9.28. The Morgan fingerprint density at radius 2 is 1.86 bits per heavy atom. The first-order valence-electron chi connectivity index (χ1n) is 9.46. The zero-order chi connectivity index (χ0) is 20.6. The van der Waals surface area contributed by atoms with Gasteiger partial charge in [-0.15, -0.1) is 24.0 Å². The number of carbonyl (C=O) groups excluding carboxylic acids is 1. The predicted octanol–water partition coefficient (Wildman–Crippen LogP) is 1.96. The summed E-state index contributed by atoms with van der Waals surface area (Å²) in [6.45, 7) is 1.46. The number of amides is 1. The van der Waals surface area contributed by atoms with E-state index in [2.05, 4.69) is 20.9 Å². The normalized spacial score (nSPS) is 14.5. The topological polar surface area (TPSA) is 99.7 Å². The van der Waals surface area contributed by atoms with E-state index in [9.17, 15) is 17.6 Å². The van der Waals surface area contributed by atoms with Crippen molar-refractivity contribution in [3.8, 4) is 0 Å². The van der Waals surface area contributed by atoms with Crippen LogP contribution in [0.1, 0.15) is 36.8 Å². The number of hydrogen-bond donors (Lipinski definition) is 3.